The highest BCUT2D eigenvalue weighted by Gasteiger charge is 2.39. The quantitative estimate of drug-likeness (QED) is 0.754. The molecule has 0 saturated heterocycles. The molecule has 0 aliphatic heterocycles. The van der Waals surface area contributed by atoms with E-state index in [1.54, 1.807) is 0 Å². The first-order valence-electron chi connectivity index (χ1n) is 4.04. The van der Waals surface area contributed by atoms with Crippen LogP contribution in [-0.4, -0.2) is 26.6 Å². The lowest BCUT2D eigenvalue weighted by molar-refractivity contribution is -0.0885. The Hall–Kier alpha value is -1.37. The second kappa shape index (κ2) is 3.89. The van der Waals surface area contributed by atoms with Crippen molar-refractivity contribution in [2.45, 2.75) is 11.1 Å². The number of sulfone groups is 1. The van der Waals surface area contributed by atoms with Crippen molar-refractivity contribution in [2.75, 3.05) is 6.26 Å². The molecular weight excluding hydrogens is 245 g/mol. The van der Waals surface area contributed by atoms with Gasteiger partial charge in [-0.05, 0) is 24.3 Å². The fourth-order valence-electron chi connectivity index (χ4n) is 1.02. The van der Waals surface area contributed by atoms with E-state index in [0.29, 0.717) is 0 Å². The van der Waals surface area contributed by atoms with Gasteiger partial charge in [0, 0.05) is 11.8 Å². The Kier molecular flexibility index (Phi) is 3.09. The fourth-order valence-corrected chi connectivity index (χ4v) is 1.65. The van der Waals surface area contributed by atoms with Crippen LogP contribution in [0.3, 0.4) is 0 Å². The van der Waals surface area contributed by atoms with Crippen LogP contribution >= 0.6 is 0 Å². The number of hydrogen-bond donors (Lipinski definition) is 0. The van der Waals surface area contributed by atoms with Crippen molar-refractivity contribution in [1.82, 2.24) is 0 Å². The molecule has 0 heterocycles. The summed E-state index contributed by atoms with van der Waals surface area (Å²) in [5, 5.41) is 0. The number of benzene rings is 1. The van der Waals surface area contributed by atoms with E-state index in [1.165, 1.54) is 0 Å². The van der Waals surface area contributed by atoms with E-state index < -0.39 is 27.4 Å². The van der Waals surface area contributed by atoms with E-state index in [0.717, 1.165) is 30.5 Å². The summed E-state index contributed by atoms with van der Waals surface area (Å²) in [4.78, 5) is 10.6. The van der Waals surface area contributed by atoms with Crippen molar-refractivity contribution in [3.63, 3.8) is 0 Å². The molecule has 0 aromatic heterocycles. The first-order chi connectivity index (χ1) is 7.12. The van der Waals surface area contributed by atoms with Crippen LogP contribution in [0.5, 0.6) is 0 Å². The van der Waals surface area contributed by atoms with Gasteiger partial charge in [0.2, 0.25) is 0 Å². The van der Waals surface area contributed by atoms with Crippen molar-refractivity contribution in [1.29, 1.82) is 0 Å². The Balaban J connectivity index is 3.10. The van der Waals surface area contributed by atoms with Gasteiger partial charge in [-0.2, -0.15) is 13.2 Å². The largest absolute Gasteiger partial charge is 0.454 e. The van der Waals surface area contributed by atoms with Crippen LogP contribution in [0.1, 0.15) is 10.4 Å². The van der Waals surface area contributed by atoms with Gasteiger partial charge < -0.3 is 0 Å². The first-order valence-corrected chi connectivity index (χ1v) is 5.93. The summed E-state index contributed by atoms with van der Waals surface area (Å²) >= 11 is 0. The molecule has 3 nitrogen and oxygen atoms in total. The molecule has 1 aromatic carbocycles. The Bertz CT molecular complexity index is 500. The van der Waals surface area contributed by atoms with Gasteiger partial charge in [-0.3, -0.25) is 4.79 Å². The smallest absolute Gasteiger partial charge is 0.284 e. The zero-order chi connectivity index (χ0) is 12.6. The second-order valence-electron chi connectivity index (χ2n) is 3.12. The normalized spacial score (nSPS) is 12.5. The summed E-state index contributed by atoms with van der Waals surface area (Å²) in [6.45, 7) is 0. The zero-order valence-corrected chi connectivity index (χ0v) is 8.89. The van der Waals surface area contributed by atoms with Crippen molar-refractivity contribution in [3.05, 3.63) is 29.8 Å². The molecule has 0 aliphatic rings. The molecule has 0 unspecified atom stereocenters. The number of alkyl halides is 3. The van der Waals surface area contributed by atoms with Crippen LogP contribution in [0.15, 0.2) is 29.2 Å². The van der Waals surface area contributed by atoms with Crippen molar-refractivity contribution in [2.24, 2.45) is 0 Å². The maximum atomic E-state index is 12.0. The highest BCUT2D eigenvalue weighted by molar-refractivity contribution is 7.90. The molecule has 0 amide bonds. The lowest BCUT2D eigenvalue weighted by Crippen LogP contribution is -2.22. The molecule has 0 bridgehead atoms. The number of rotatable bonds is 2. The molecule has 0 aliphatic carbocycles. The molecule has 0 N–H and O–H groups in total. The molecule has 1 rings (SSSR count). The number of ketones is 1. The number of carbonyl (C=O) groups excluding carboxylic acids is 1. The van der Waals surface area contributed by atoms with E-state index >= 15 is 0 Å². The molecule has 0 spiro atoms. The van der Waals surface area contributed by atoms with Gasteiger partial charge in [0.05, 0.1) is 4.90 Å². The average Bonchev–Trinajstić information content (AvgIpc) is 2.14. The molecule has 0 saturated carbocycles. The number of hydrogen-bond acceptors (Lipinski definition) is 3. The predicted molar refractivity (Wildman–Crippen MR) is 49.9 cm³/mol. The summed E-state index contributed by atoms with van der Waals surface area (Å²) in [6, 6.07) is 3.61. The van der Waals surface area contributed by atoms with E-state index in [2.05, 4.69) is 0 Å². The highest BCUT2D eigenvalue weighted by Crippen LogP contribution is 2.22. The topological polar surface area (TPSA) is 51.2 Å². The molecule has 0 atom stereocenters. The molecule has 16 heavy (non-hydrogen) atoms. The van der Waals surface area contributed by atoms with E-state index in [9.17, 15) is 26.4 Å². The summed E-state index contributed by atoms with van der Waals surface area (Å²) in [5.41, 5.74) is -0.583. The third-order valence-corrected chi connectivity index (χ3v) is 2.93. The van der Waals surface area contributed by atoms with E-state index in [1.807, 2.05) is 0 Å². The SMILES string of the molecule is CS(=O)(=O)c1ccc(C(=O)C(F)(F)F)cc1. The van der Waals surface area contributed by atoms with Crippen LogP contribution in [0.4, 0.5) is 13.2 Å². The van der Waals surface area contributed by atoms with Crippen LogP contribution in [0.25, 0.3) is 0 Å². The fraction of sp³-hybridized carbons (Fsp3) is 0.222. The molecule has 88 valence electrons. The maximum Gasteiger partial charge on any atom is 0.454 e. The lowest BCUT2D eigenvalue weighted by atomic mass is 10.1. The lowest BCUT2D eigenvalue weighted by Gasteiger charge is -2.05. The Morgan fingerprint density at radius 2 is 1.56 bits per heavy atom. The van der Waals surface area contributed by atoms with Gasteiger partial charge in [0.1, 0.15) is 0 Å². The van der Waals surface area contributed by atoms with Gasteiger partial charge in [0.15, 0.2) is 9.84 Å². The summed E-state index contributed by atoms with van der Waals surface area (Å²) in [7, 11) is -3.47. The predicted octanol–water partition coefficient (Wildman–Crippen LogP) is 1.84. The van der Waals surface area contributed by atoms with Crippen molar-refractivity contribution >= 4 is 15.6 Å². The highest BCUT2D eigenvalue weighted by atomic mass is 32.2. The molecular formula is C9H7F3O3S. The molecule has 7 heteroatoms. The van der Waals surface area contributed by atoms with Crippen LogP contribution in [0.2, 0.25) is 0 Å². The monoisotopic (exact) mass is 252 g/mol. The molecule has 0 fully saturated rings. The summed E-state index contributed by atoms with van der Waals surface area (Å²) in [6.07, 6.45) is -4.03. The standard InChI is InChI=1S/C9H7F3O3S/c1-16(14,15)7-4-2-6(3-5-7)8(13)9(10,11)12/h2-5H,1H3. The van der Waals surface area contributed by atoms with Crippen molar-refractivity contribution in [3.8, 4) is 0 Å². The minimum atomic E-state index is -4.95. The van der Waals surface area contributed by atoms with Gasteiger partial charge in [-0.15, -0.1) is 0 Å². The van der Waals surface area contributed by atoms with E-state index in [4.69, 9.17) is 0 Å². The first kappa shape index (κ1) is 12.7. The second-order valence-corrected chi connectivity index (χ2v) is 5.14. The van der Waals surface area contributed by atoms with E-state index in [-0.39, 0.29) is 4.90 Å². The Labute approximate surface area is 89.8 Å². The third-order valence-electron chi connectivity index (χ3n) is 1.80. The number of carbonyl (C=O) groups is 1. The third kappa shape index (κ3) is 2.82. The van der Waals surface area contributed by atoms with Gasteiger partial charge in [0.25, 0.3) is 5.78 Å². The number of halogens is 3. The minimum Gasteiger partial charge on any atom is -0.284 e. The van der Waals surface area contributed by atoms with Crippen LogP contribution in [-0.2, 0) is 9.84 Å². The van der Waals surface area contributed by atoms with Crippen molar-refractivity contribution < 1.29 is 26.4 Å². The molecule has 1 aromatic rings. The number of Topliss-reactive ketones (excluding diaryl/α,β-unsaturated/α-hetero) is 1. The van der Waals surface area contributed by atoms with Gasteiger partial charge >= 0.3 is 6.18 Å². The van der Waals surface area contributed by atoms with Crippen LogP contribution < -0.4 is 0 Å². The maximum absolute atomic E-state index is 12.0. The van der Waals surface area contributed by atoms with Crippen LogP contribution in [0, 0.1) is 0 Å². The Morgan fingerprint density at radius 3 is 1.88 bits per heavy atom. The van der Waals surface area contributed by atoms with Gasteiger partial charge in [-0.25, -0.2) is 8.42 Å². The van der Waals surface area contributed by atoms with Gasteiger partial charge in [-0.1, -0.05) is 0 Å². The zero-order valence-electron chi connectivity index (χ0n) is 8.08. The molecule has 0 radical (unpaired) electrons. The Morgan fingerprint density at radius 1 is 1.12 bits per heavy atom. The summed E-state index contributed by atoms with van der Waals surface area (Å²) in [5.74, 6) is -1.99. The minimum absolute atomic E-state index is 0.133. The average molecular weight is 252 g/mol. The summed E-state index contributed by atoms with van der Waals surface area (Å²) < 4.78 is 58.0.